The predicted octanol–water partition coefficient (Wildman–Crippen LogP) is 0.378. The number of nitrogens with zero attached hydrogens (tertiary/aromatic N) is 2. The zero-order valence-electron chi connectivity index (χ0n) is 18.4. The van der Waals surface area contributed by atoms with E-state index >= 15 is 0 Å². The van der Waals surface area contributed by atoms with Crippen LogP contribution in [0.5, 0.6) is 5.75 Å². The lowest BCUT2D eigenvalue weighted by Gasteiger charge is -2.16. The molecule has 0 saturated heterocycles. The highest BCUT2D eigenvalue weighted by Crippen LogP contribution is 2.23. The van der Waals surface area contributed by atoms with E-state index in [1.54, 1.807) is 60.4 Å². The SMILES string of the molecule is Cn1ccc(CNC(=O)C(NC(=O)c2ccc(-c3ccc(OCCO)cc3)cc2)C(=O)NO)n1. The van der Waals surface area contributed by atoms with Gasteiger partial charge >= 0.3 is 0 Å². The molecule has 11 heteroatoms. The quantitative estimate of drug-likeness (QED) is 0.164. The van der Waals surface area contributed by atoms with E-state index in [-0.39, 0.29) is 25.3 Å². The summed E-state index contributed by atoms with van der Waals surface area (Å²) in [4.78, 5) is 37.1. The van der Waals surface area contributed by atoms with Crippen LogP contribution in [0.3, 0.4) is 0 Å². The Morgan fingerprint density at radius 2 is 1.65 bits per heavy atom. The van der Waals surface area contributed by atoms with Gasteiger partial charge in [-0.1, -0.05) is 24.3 Å². The fourth-order valence-corrected chi connectivity index (χ4v) is 3.09. The van der Waals surface area contributed by atoms with Gasteiger partial charge < -0.3 is 20.5 Å². The van der Waals surface area contributed by atoms with Gasteiger partial charge in [0.15, 0.2) is 6.04 Å². The number of hydroxylamine groups is 1. The Morgan fingerprint density at radius 3 is 2.21 bits per heavy atom. The number of ether oxygens (including phenoxy) is 1. The van der Waals surface area contributed by atoms with Gasteiger partial charge in [0, 0.05) is 18.8 Å². The topological polar surface area (TPSA) is 155 Å². The average molecular weight is 467 g/mol. The zero-order valence-corrected chi connectivity index (χ0v) is 18.4. The van der Waals surface area contributed by atoms with Crippen molar-refractivity contribution in [2.45, 2.75) is 12.6 Å². The largest absolute Gasteiger partial charge is 0.491 e. The summed E-state index contributed by atoms with van der Waals surface area (Å²) in [6.07, 6.45) is 1.70. The molecular weight excluding hydrogens is 442 g/mol. The molecule has 0 radical (unpaired) electrons. The molecule has 0 aliphatic heterocycles. The first kappa shape index (κ1) is 24.4. The van der Waals surface area contributed by atoms with Gasteiger partial charge in [0.2, 0.25) is 0 Å². The average Bonchev–Trinajstić information content (AvgIpc) is 3.29. The molecule has 3 aromatic rings. The molecule has 2 aromatic carbocycles. The van der Waals surface area contributed by atoms with Gasteiger partial charge in [-0.05, 0) is 41.5 Å². The van der Waals surface area contributed by atoms with E-state index in [4.69, 9.17) is 15.1 Å². The predicted molar refractivity (Wildman–Crippen MR) is 121 cm³/mol. The lowest BCUT2D eigenvalue weighted by atomic mass is 10.0. The Hall–Kier alpha value is -4.22. The third-order valence-corrected chi connectivity index (χ3v) is 4.82. The number of aliphatic hydroxyl groups is 1. The summed E-state index contributed by atoms with van der Waals surface area (Å²) >= 11 is 0. The second-order valence-corrected chi connectivity index (χ2v) is 7.25. The number of hydrogen-bond acceptors (Lipinski definition) is 7. The molecule has 1 aromatic heterocycles. The monoisotopic (exact) mass is 467 g/mol. The van der Waals surface area contributed by atoms with Gasteiger partial charge in [0.25, 0.3) is 17.7 Å². The standard InChI is InChI=1S/C23H25N5O6/c1-28-11-10-18(26-28)14-24-22(31)20(23(32)27-33)25-21(30)17-4-2-15(3-5-17)16-6-8-19(9-7-16)34-13-12-29/h2-11,20,29,33H,12-14H2,1H3,(H,24,31)(H,25,30)(H,27,32). The first-order valence-corrected chi connectivity index (χ1v) is 10.4. The Balaban J connectivity index is 1.64. The number of aryl methyl sites for hydroxylation is 1. The normalized spacial score (nSPS) is 11.4. The number of rotatable bonds is 10. The Kier molecular flexibility index (Phi) is 8.32. The highest BCUT2D eigenvalue weighted by Gasteiger charge is 2.28. The molecule has 178 valence electrons. The minimum absolute atomic E-state index is 0.0449. The number of amides is 3. The van der Waals surface area contributed by atoms with Gasteiger partial charge in [-0.2, -0.15) is 5.10 Å². The van der Waals surface area contributed by atoms with Crippen molar-refractivity contribution < 1.29 is 29.4 Å². The summed E-state index contributed by atoms with van der Waals surface area (Å²) in [5, 5.41) is 26.8. The van der Waals surface area contributed by atoms with E-state index in [0.717, 1.165) is 11.1 Å². The van der Waals surface area contributed by atoms with Crippen molar-refractivity contribution in [2.75, 3.05) is 13.2 Å². The number of carbonyl (C=O) groups is 3. The molecule has 1 atom stereocenters. The highest BCUT2D eigenvalue weighted by molar-refractivity contribution is 6.08. The summed E-state index contributed by atoms with van der Waals surface area (Å²) in [5.74, 6) is -1.91. The molecule has 0 saturated carbocycles. The molecule has 0 bridgehead atoms. The molecular formula is C23H25N5O6. The van der Waals surface area contributed by atoms with Gasteiger partial charge in [0.05, 0.1) is 18.8 Å². The van der Waals surface area contributed by atoms with Crippen LogP contribution in [0.25, 0.3) is 11.1 Å². The maximum absolute atomic E-state index is 12.6. The summed E-state index contributed by atoms with van der Waals surface area (Å²) < 4.78 is 6.89. The second-order valence-electron chi connectivity index (χ2n) is 7.25. The number of carbonyl (C=O) groups excluding carboxylic acids is 3. The number of nitrogens with one attached hydrogen (secondary N) is 3. The molecule has 0 spiro atoms. The van der Waals surface area contributed by atoms with Crippen molar-refractivity contribution in [3.05, 3.63) is 72.1 Å². The minimum Gasteiger partial charge on any atom is -0.491 e. The van der Waals surface area contributed by atoms with E-state index in [2.05, 4.69) is 15.7 Å². The lowest BCUT2D eigenvalue weighted by molar-refractivity contribution is -0.137. The molecule has 3 rings (SSSR count). The summed E-state index contributed by atoms with van der Waals surface area (Å²) in [6.45, 7) is 0.181. The summed E-state index contributed by atoms with van der Waals surface area (Å²) in [6, 6.07) is 13.8. The van der Waals surface area contributed by atoms with E-state index in [0.29, 0.717) is 11.4 Å². The Morgan fingerprint density at radius 1 is 1.00 bits per heavy atom. The smallest absolute Gasteiger partial charge is 0.275 e. The third kappa shape index (κ3) is 6.40. The minimum atomic E-state index is -1.65. The van der Waals surface area contributed by atoms with E-state index in [9.17, 15) is 14.4 Å². The van der Waals surface area contributed by atoms with Crippen LogP contribution in [0, 0.1) is 0 Å². The molecule has 11 nitrogen and oxygen atoms in total. The van der Waals surface area contributed by atoms with Crippen LogP contribution < -0.4 is 20.9 Å². The Bertz CT molecular complexity index is 1130. The van der Waals surface area contributed by atoms with Crippen LogP contribution in [0.1, 0.15) is 16.1 Å². The molecule has 5 N–H and O–H groups in total. The van der Waals surface area contributed by atoms with Crippen LogP contribution in [-0.2, 0) is 23.2 Å². The molecule has 34 heavy (non-hydrogen) atoms. The molecule has 1 heterocycles. The van der Waals surface area contributed by atoms with Crippen molar-refractivity contribution in [3.8, 4) is 16.9 Å². The van der Waals surface area contributed by atoms with E-state index in [1.165, 1.54) is 5.48 Å². The number of aliphatic hydroxyl groups excluding tert-OH is 1. The van der Waals surface area contributed by atoms with E-state index in [1.807, 2.05) is 12.1 Å². The van der Waals surface area contributed by atoms with Crippen molar-refractivity contribution in [3.63, 3.8) is 0 Å². The van der Waals surface area contributed by atoms with Crippen LogP contribution in [0.4, 0.5) is 0 Å². The first-order valence-electron chi connectivity index (χ1n) is 10.4. The van der Waals surface area contributed by atoms with Gasteiger partial charge in [-0.25, -0.2) is 5.48 Å². The zero-order chi connectivity index (χ0) is 24.5. The van der Waals surface area contributed by atoms with Gasteiger partial charge in [-0.15, -0.1) is 0 Å². The van der Waals surface area contributed by atoms with Crippen molar-refractivity contribution in [2.24, 2.45) is 7.05 Å². The Labute approximate surface area is 195 Å². The fraction of sp³-hybridized carbons (Fsp3) is 0.217. The highest BCUT2D eigenvalue weighted by atomic mass is 16.5. The first-order chi connectivity index (χ1) is 16.4. The second kappa shape index (κ2) is 11.6. The van der Waals surface area contributed by atoms with Crippen molar-refractivity contribution in [1.82, 2.24) is 25.9 Å². The van der Waals surface area contributed by atoms with Crippen LogP contribution in [-0.4, -0.2) is 57.1 Å². The third-order valence-electron chi connectivity index (χ3n) is 4.82. The molecule has 0 aliphatic carbocycles. The van der Waals surface area contributed by atoms with Gasteiger partial charge in [-0.3, -0.25) is 24.3 Å². The van der Waals surface area contributed by atoms with Crippen LogP contribution in [0.2, 0.25) is 0 Å². The van der Waals surface area contributed by atoms with Crippen molar-refractivity contribution >= 4 is 17.7 Å². The fourth-order valence-electron chi connectivity index (χ4n) is 3.09. The molecule has 1 unspecified atom stereocenters. The number of benzene rings is 2. The molecule has 3 amide bonds. The van der Waals surface area contributed by atoms with Crippen molar-refractivity contribution in [1.29, 1.82) is 0 Å². The maximum atomic E-state index is 12.6. The molecule has 0 aliphatic rings. The summed E-state index contributed by atoms with van der Waals surface area (Å²) in [7, 11) is 1.72. The van der Waals surface area contributed by atoms with Crippen LogP contribution in [0.15, 0.2) is 60.8 Å². The summed E-state index contributed by atoms with van der Waals surface area (Å²) in [5.41, 5.74) is 3.90. The van der Waals surface area contributed by atoms with Gasteiger partial charge in [0.1, 0.15) is 12.4 Å². The number of aromatic nitrogens is 2. The van der Waals surface area contributed by atoms with Crippen LogP contribution >= 0.6 is 0 Å². The molecule has 0 fully saturated rings. The lowest BCUT2D eigenvalue weighted by Crippen LogP contribution is -2.54. The number of hydrogen-bond donors (Lipinski definition) is 5. The maximum Gasteiger partial charge on any atom is 0.275 e. The van der Waals surface area contributed by atoms with E-state index < -0.39 is 23.8 Å².